The zero-order chi connectivity index (χ0) is 18.3. The van der Waals surface area contributed by atoms with Crippen molar-refractivity contribution >= 4 is 27.5 Å². The minimum atomic E-state index is -3.51. The van der Waals surface area contributed by atoms with E-state index in [4.69, 9.17) is 11.6 Å². The van der Waals surface area contributed by atoms with Gasteiger partial charge in [-0.15, -0.1) is 0 Å². The van der Waals surface area contributed by atoms with E-state index in [0.29, 0.717) is 18.0 Å². The van der Waals surface area contributed by atoms with Gasteiger partial charge < -0.3 is 5.32 Å². The van der Waals surface area contributed by atoms with Gasteiger partial charge in [-0.3, -0.25) is 4.79 Å². The molecule has 0 saturated carbocycles. The average Bonchev–Trinajstić information content (AvgIpc) is 2.62. The van der Waals surface area contributed by atoms with Crippen LogP contribution in [-0.2, 0) is 21.4 Å². The van der Waals surface area contributed by atoms with Crippen molar-refractivity contribution in [2.75, 3.05) is 13.6 Å². The number of nitrogens with one attached hydrogen (secondary N) is 1. The number of hydrogen-bond acceptors (Lipinski definition) is 3. The fourth-order valence-corrected chi connectivity index (χ4v) is 3.60. The van der Waals surface area contributed by atoms with Crippen LogP contribution in [0.15, 0.2) is 59.5 Å². The molecule has 2 rings (SSSR count). The van der Waals surface area contributed by atoms with Gasteiger partial charge in [0.05, 0.1) is 4.90 Å². The Morgan fingerprint density at radius 1 is 1.08 bits per heavy atom. The van der Waals surface area contributed by atoms with Crippen molar-refractivity contribution in [3.05, 3.63) is 65.2 Å². The Kier molecular flexibility index (Phi) is 6.99. The fraction of sp³-hybridized carbons (Fsp3) is 0.278. The summed E-state index contributed by atoms with van der Waals surface area (Å²) in [5.74, 6) is -0.111. The molecule has 25 heavy (non-hydrogen) atoms. The molecule has 0 radical (unpaired) electrons. The van der Waals surface area contributed by atoms with Crippen molar-refractivity contribution in [2.24, 2.45) is 0 Å². The summed E-state index contributed by atoms with van der Waals surface area (Å²) in [4.78, 5) is 12.1. The van der Waals surface area contributed by atoms with Gasteiger partial charge in [0, 0.05) is 31.6 Å². The van der Waals surface area contributed by atoms with Gasteiger partial charge in [0.1, 0.15) is 0 Å². The van der Waals surface area contributed by atoms with Crippen LogP contribution in [0.2, 0.25) is 5.02 Å². The highest BCUT2D eigenvalue weighted by atomic mass is 35.5. The molecule has 0 atom stereocenters. The summed E-state index contributed by atoms with van der Waals surface area (Å²) in [5, 5.41) is 3.46. The van der Waals surface area contributed by atoms with Gasteiger partial charge in [0.2, 0.25) is 15.9 Å². The van der Waals surface area contributed by atoms with Crippen molar-refractivity contribution in [3.8, 4) is 0 Å². The van der Waals surface area contributed by atoms with Crippen molar-refractivity contribution in [1.82, 2.24) is 9.62 Å². The number of carbonyl (C=O) groups excluding carboxylic acids is 1. The summed E-state index contributed by atoms with van der Waals surface area (Å²) in [6.07, 6.45) is 0.719. The molecule has 7 heteroatoms. The monoisotopic (exact) mass is 380 g/mol. The van der Waals surface area contributed by atoms with Gasteiger partial charge in [-0.1, -0.05) is 41.9 Å². The highest BCUT2D eigenvalue weighted by molar-refractivity contribution is 7.89. The number of benzene rings is 2. The Labute approximate surface area is 153 Å². The first-order valence-corrected chi connectivity index (χ1v) is 9.74. The maximum atomic E-state index is 12.4. The smallest absolute Gasteiger partial charge is 0.242 e. The topological polar surface area (TPSA) is 66.5 Å². The number of nitrogens with zero attached hydrogens (tertiary/aromatic N) is 1. The van der Waals surface area contributed by atoms with Gasteiger partial charge in [-0.2, -0.15) is 0 Å². The number of halogens is 1. The van der Waals surface area contributed by atoms with Crippen molar-refractivity contribution < 1.29 is 13.2 Å². The molecule has 0 bridgehead atoms. The van der Waals surface area contributed by atoms with Gasteiger partial charge in [-0.05, 0) is 36.2 Å². The van der Waals surface area contributed by atoms with Gasteiger partial charge in [0.25, 0.3) is 0 Å². The molecule has 2 aromatic carbocycles. The highest BCUT2D eigenvalue weighted by Crippen LogP contribution is 2.14. The second-order valence-electron chi connectivity index (χ2n) is 5.65. The summed E-state index contributed by atoms with van der Waals surface area (Å²) in [6.45, 7) is 0.708. The maximum absolute atomic E-state index is 12.4. The zero-order valence-corrected chi connectivity index (χ0v) is 15.6. The largest absolute Gasteiger partial charge is 0.352 e. The van der Waals surface area contributed by atoms with Gasteiger partial charge >= 0.3 is 0 Å². The zero-order valence-electron chi connectivity index (χ0n) is 14.0. The summed E-state index contributed by atoms with van der Waals surface area (Å²) >= 11 is 5.81. The lowest BCUT2D eigenvalue weighted by Crippen LogP contribution is -2.29. The minimum absolute atomic E-state index is 0.111. The molecule has 0 aliphatic heterocycles. The minimum Gasteiger partial charge on any atom is -0.352 e. The normalized spacial score (nSPS) is 11.5. The highest BCUT2D eigenvalue weighted by Gasteiger charge is 2.19. The van der Waals surface area contributed by atoms with E-state index in [9.17, 15) is 13.2 Å². The molecule has 0 unspecified atom stereocenters. The van der Waals surface area contributed by atoms with E-state index in [0.717, 1.165) is 5.56 Å². The maximum Gasteiger partial charge on any atom is 0.242 e. The number of amides is 1. The molecule has 134 valence electrons. The quantitative estimate of drug-likeness (QED) is 0.765. The Morgan fingerprint density at radius 3 is 2.36 bits per heavy atom. The van der Waals surface area contributed by atoms with Crippen LogP contribution in [0.25, 0.3) is 0 Å². The summed E-state index contributed by atoms with van der Waals surface area (Å²) < 4.78 is 26.0. The van der Waals surface area contributed by atoms with E-state index in [-0.39, 0.29) is 23.8 Å². The lowest BCUT2D eigenvalue weighted by molar-refractivity contribution is -0.121. The SMILES string of the molecule is CN(CCCC(=O)NCc1ccc(Cl)cc1)S(=O)(=O)c1ccccc1. The molecule has 0 aromatic heterocycles. The van der Waals surface area contributed by atoms with E-state index >= 15 is 0 Å². The lowest BCUT2D eigenvalue weighted by atomic mass is 10.2. The molecular formula is C18H21ClN2O3S. The average molecular weight is 381 g/mol. The van der Waals surface area contributed by atoms with E-state index in [2.05, 4.69) is 5.32 Å². The molecule has 5 nitrogen and oxygen atoms in total. The van der Waals surface area contributed by atoms with E-state index < -0.39 is 10.0 Å². The number of hydrogen-bond donors (Lipinski definition) is 1. The molecule has 0 saturated heterocycles. The molecule has 0 fully saturated rings. The second kappa shape index (κ2) is 8.99. The Balaban J connectivity index is 1.76. The molecular weight excluding hydrogens is 360 g/mol. The van der Waals surface area contributed by atoms with Crippen molar-refractivity contribution in [1.29, 1.82) is 0 Å². The molecule has 0 spiro atoms. The Hall–Kier alpha value is -1.89. The molecule has 0 aliphatic rings. The van der Waals surface area contributed by atoms with Gasteiger partial charge in [0.15, 0.2) is 0 Å². The predicted octanol–water partition coefficient (Wildman–Crippen LogP) is 3.06. The Bertz CT molecular complexity index is 793. The van der Waals surface area contributed by atoms with Crippen LogP contribution in [0.5, 0.6) is 0 Å². The molecule has 0 aliphatic carbocycles. The summed E-state index contributed by atoms with van der Waals surface area (Å²) in [7, 11) is -1.99. The molecule has 1 amide bonds. The third kappa shape index (κ3) is 5.85. The Morgan fingerprint density at radius 2 is 1.72 bits per heavy atom. The van der Waals surface area contributed by atoms with Crippen LogP contribution in [0.1, 0.15) is 18.4 Å². The number of carbonyl (C=O) groups is 1. The van der Waals surface area contributed by atoms with E-state index in [1.54, 1.807) is 42.5 Å². The molecule has 1 N–H and O–H groups in total. The summed E-state index contributed by atoms with van der Waals surface area (Å²) in [6, 6.07) is 15.5. The first-order valence-electron chi connectivity index (χ1n) is 7.92. The standard InChI is InChI=1S/C18H21ClN2O3S/c1-21(25(23,24)17-6-3-2-4-7-17)13-5-8-18(22)20-14-15-9-11-16(19)12-10-15/h2-4,6-7,9-12H,5,8,13-14H2,1H3,(H,20,22). The van der Waals surface area contributed by atoms with Gasteiger partial charge in [-0.25, -0.2) is 12.7 Å². The van der Waals surface area contributed by atoms with Crippen LogP contribution in [0.3, 0.4) is 0 Å². The first-order chi connectivity index (χ1) is 11.9. The van der Waals surface area contributed by atoms with E-state index in [1.807, 2.05) is 12.1 Å². The van der Waals surface area contributed by atoms with Crippen molar-refractivity contribution in [3.63, 3.8) is 0 Å². The van der Waals surface area contributed by atoms with Crippen LogP contribution < -0.4 is 5.32 Å². The fourth-order valence-electron chi connectivity index (χ4n) is 2.25. The van der Waals surface area contributed by atoms with Crippen LogP contribution >= 0.6 is 11.6 Å². The van der Waals surface area contributed by atoms with Crippen molar-refractivity contribution in [2.45, 2.75) is 24.3 Å². The van der Waals surface area contributed by atoms with Crippen LogP contribution in [-0.4, -0.2) is 32.2 Å². The second-order valence-corrected chi connectivity index (χ2v) is 8.13. The third-order valence-electron chi connectivity index (χ3n) is 3.73. The van der Waals surface area contributed by atoms with Crippen LogP contribution in [0, 0.1) is 0 Å². The number of sulfonamides is 1. The first kappa shape index (κ1) is 19.4. The lowest BCUT2D eigenvalue weighted by Gasteiger charge is -2.17. The summed E-state index contributed by atoms with van der Waals surface area (Å²) in [5.41, 5.74) is 0.960. The number of rotatable bonds is 8. The van der Waals surface area contributed by atoms with Crippen LogP contribution in [0.4, 0.5) is 0 Å². The molecule has 0 heterocycles. The third-order valence-corrected chi connectivity index (χ3v) is 5.85. The molecule has 2 aromatic rings. The predicted molar refractivity (Wildman–Crippen MR) is 98.8 cm³/mol. The van der Waals surface area contributed by atoms with E-state index in [1.165, 1.54) is 11.4 Å².